The Hall–Kier alpha value is -1.06. The molecule has 1 rings (SSSR count). The topological polar surface area (TPSA) is 47.3 Å². The Morgan fingerprint density at radius 1 is 1.13 bits per heavy atom. The molecule has 1 aromatic carbocycles. The van der Waals surface area contributed by atoms with E-state index < -0.39 is 0 Å². The fourth-order valence-corrected chi connectivity index (χ4v) is 1.45. The van der Waals surface area contributed by atoms with Gasteiger partial charge in [-0.3, -0.25) is 11.3 Å². The Kier molecular flexibility index (Phi) is 4.59. The summed E-state index contributed by atoms with van der Waals surface area (Å²) in [6.07, 6.45) is 0.920. The molecular formula is C12H20N2O. The summed E-state index contributed by atoms with van der Waals surface area (Å²) < 4.78 is 5.68. The van der Waals surface area contributed by atoms with Crippen molar-refractivity contribution in [2.24, 2.45) is 5.84 Å². The Balaban J connectivity index is 2.57. The number of hydrogen-bond donors (Lipinski definition) is 2. The van der Waals surface area contributed by atoms with Gasteiger partial charge in [0, 0.05) is 6.54 Å². The maximum atomic E-state index is 5.68. The molecule has 15 heavy (non-hydrogen) atoms. The van der Waals surface area contributed by atoms with Crippen molar-refractivity contribution >= 4 is 0 Å². The van der Waals surface area contributed by atoms with Gasteiger partial charge in [-0.15, -0.1) is 0 Å². The summed E-state index contributed by atoms with van der Waals surface area (Å²) >= 11 is 0. The number of rotatable bonds is 5. The van der Waals surface area contributed by atoms with Crippen LogP contribution in [-0.2, 0) is 0 Å². The molecular weight excluding hydrogens is 188 g/mol. The smallest absolute Gasteiger partial charge is 0.122 e. The zero-order chi connectivity index (χ0) is 11.3. The molecule has 0 radical (unpaired) electrons. The van der Waals surface area contributed by atoms with E-state index in [4.69, 9.17) is 10.6 Å². The third-order valence-electron chi connectivity index (χ3n) is 2.51. The molecule has 0 aliphatic carbocycles. The van der Waals surface area contributed by atoms with Gasteiger partial charge in [-0.2, -0.15) is 0 Å². The van der Waals surface area contributed by atoms with Gasteiger partial charge in [0.2, 0.25) is 0 Å². The maximum absolute atomic E-state index is 5.68. The van der Waals surface area contributed by atoms with E-state index in [9.17, 15) is 0 Å². The molecule has 0 aliphatic heterocycles. The number of ether oxygens (including phenoxy) is 1. The number of aryl methyl sites for hydroxylation is 3. The van der Waals surface area contributed by atoms with E-state index in [-0.39, 0.29) is 0 Å². The molecule has 84 valence electrons. The van der Waals surface area contributed by atoms with Crippen LogP contribution in [-0.4, -0.2) is 13.2 Å². The Labute approximate surface area is 91.6 Å². The molecule has 0 saturated heterocycles. The predicted molar refractivity (Wildman–Crippen MR) is 63.0 cm³/mol. The molecule has 0 unspecified atom stereocenters. The second-order valence-electron chi connectivity index (χ2n) is 3.86. The van der Waals surface area contributed by atoms with Gasteiger partial charge in [0.1, 0.15) is 5.75 Å². The minimum absolute atomic E-state index is 0.702. The molecule has 0 aliphatic rings. The Bertz CT molecular complexity index is 324. The summed E-state index contributed by atoms with van der Waals surface area (Å²) in [5.74, 6) is 6.16. The molecule has 0 fully saturated rings. The first-order valence-electron chi connectivity index (χ1n) is 5.29. The molecule has 1 aromatic rings. The average molecular weight is 208 g/mol. The summed E-state index contributed by atoms with van der Waals surface area (Å²) in [7, 11) is 0. The van der Waals surface area contributed by atoms with Crippen molar-refractivity contribution in [2.75, 3.05) is 13.2 Å². The Morgan fingerprint density at radius 3 is 2.47 bits per heavy atom. The van der Waals surface area contributed by atoms with Crippen LogP contribution in [0.15, 0.2) is 12.1 Å². The van der Waals surface area contributed by atoms with Crippen LogP contribution in [0.4, 0.5) is 0 Å². The van der Waals surface area contributed by atoms with Gasteiger partial charge >= 0.3 is 0 Å². The summed E-state index contributed by atoms with van der Waals surface area (Å²) in [6, 6.07) is 4.26. The van der Waals surface area contributed by atoms with E-state index in [1.54, 1.807) is 0 Å². The minimum Gasteiger partial charge on any atom is -0.493 e. The van der Waals surface area contributed by atoms with Crippen LogP contribution >= 0.6 is 0 Å². The minimum atomic E-state index is 0.702. The molecule has 0 aromatic heterocycles. The monoisotopic (exact) mass is 208 g/mol. The van der Waals surface area contributed by atoms with Crippen molar-refractivity contribution in [2.45, 2.75) is 27.2 Å². The molecule has 3 nitrogen and oxygen atoms in total. The lowest BCUT2D eigenvalue weighted by Gasteiger charge is -2.11. The average Bonchev–Trinajstić information content (AvgIpc) is 2.20. The van der Waals surface area contributed by atoms with Gasteiger partial charge in [0.05, 0.1) is 6.61 Å². The summed E-state index contributed by atoms with van der Waals surface area (Å²) in [6.45, 7) is 7.77. The first kappa shape index (κ1) is 12.0. The third kappa shape index (κ3) is 3.53. The van der Waals surface area contributed by atoms with E-state index >= 15 is 0 Å². The predicted octanol–water partition coefficient (Wildman–Crippen LogP) is 1.84. The molecule has 0 saturated carbocycles. The van der Waals surface area contributed by atoms with Crippen LogP contribution in [0.5, 0.6) is 5.75 Å². The van der Waals surface area contributed by atoms with Crippen LogP contribution in [0.2, 0.25) is 0 Å². The number of nitrogens with one attached hydrogen (secondary N) is 1. The second-order valence-corrected chi connectivity index (χ2v) is 3.86. The van der Waals surface area contributed by atoms with E-state index in [0.29, 0.717) is 6.61 Å². The van der Waals surface area contributed by atoms with Crippen LogP contribution in [0, 0.1) is 20.8 Å². The SMILES string of the molecule is Cc1cc(C)c(OCCCNN)cc1C. The number of hydrogen-bond acceptors (Lipinski definition) is 3. The van der Waals surface area contributed by atoms with Gasteiger partial charge in [0.15, 0.2) is 0 Å². The lowest BCUT2D eigenvalue weighted by atomic mass is 10.1. The largest absolute Gasteiger partial charge is 0.493 e. The number of benzene rings is 1. The number of nitrogens with two attached hydrogens (primary N) is 1. The second kappa shape index (κ2) is 5.73. The van der Waals surface area contributed by atoms with E-state index in [0.717, 1.165) is 18.7 Å². The lowest BCUT2D eigenvalue weighted by molar-refractivity contribution is 0.306. The van der Waals surface area contributed by atoms with Crippen molar-refractivity contribution in [1.82, 2.24) is 5.43 Å². The van der Waals surface area contributed by atoms with Gasteiger partial charge in [-0.25, -0.2) is 0 Å². The third-order valence-corrected chi connectivity index (χ3v) is 2.51. The zero-order valence-electron chi connectivity index (χ0n) is 9.76. The van der Waals surface area contributed by atoms with Crippen molar-refractivity contribution in [3.05, 3.63) is 28.8 Å². The summed E-state index contributed by atoms with van der Waals surface area (Å²) in [5.41, 5.74) is 6.38. The molecule has 3 heteroatoms. The molecule has 0 amide bonds. The fourth-order valence-electron chi connectivity index (χ4n) is 1.45. The standard InChI is InChI=1S/C12H20N2O/c1-9-7-11(3)12(8-10(9)2)15-6-4-5-14-13/h7-8,14H,4-6,13H2,1-3H3. The van der Waals surface area contributed by atoms with Gasteiger partial charge < -0.3 is 4.74 Å². The van der Waals surface area contributed by atoms with Crippen molar-refractivity contribution < 1.29 is 4.74 Å². The van der Waals surface area contributed by atoms with E-state index in [1.165, 1.54) is 16.7 Å². The number of hydrazine groups is 1. The highest BCUT2D eigenvalue weighted by molar-refractivity contribution is 5.40. The van der Waals surface area contributed by atoms with Crippen LogP contribution in [0.3, 0.4) is 0 Å². The van der Waals surface area contributed by atoms with Crippen molar-refractivity contribution in [3.63, 3.8) is 0 Å². The van der Waals surface area contributed by atoms with Gasteiger partial charge in [-0.1, -0.05) is 6.07 Å². The molecule has 0 atom stereocenters. The molecule has 3 N–H and O–H groups in total. The summed E-state index contributed by atoms with van der Waals surface area (Å²) in [5, 5.41) is 0. The highest BCUT2D eigenvalue weighted by atomic mass is 16.5. The Morgan fingerprint density at radius 2 is 1.80 bits per heavy atom. The van der Waals surface area contributed by atoms with E-state index in [2.05, 4.69) is 38.3 Å². The molecule has 0 heterocycles. The first-order valence-corrected chi connectivity index (χ1v) is 5.29. The van der Waals surface area contributed by atoms with Crippen LogP contribution < -0.4 is 16.0 Å². The van der Waals surface area contributed by atoms with Crippen LogP contribution in [0.25, 0.3) is 0 Å². The summed E-state index contributed by atoms with van der Waals surface area (Å²) in [4.78, 5) is 0. The quantitative estimate of drug-likeness (QED) is 0.441. The first-order chi connectivity index (χ1) is 7.15. The molecule has 0 spiro atoms. The van der Waals surface area contributed by atoms with Crippen molar-refractivity contribution in [1.29, 1.82) is 0 Å². The maximum Gasteiger partial charge on any atom is 0.122 e. The highest BCUT2D eigenvalue weighted by Gasteiger charge is 2.02. The zero-order valence-corrected chi connectivity index (χ0v) is 9.76. The fraction of sp³-hybridized carbons (Fsp3) is 0.500. The molecule has 0 bridgehead atoms. The highest BCUT2D eigenvalue weighted by Crippen LogP contribution is 2.22. The van der Waals surface area contributed by atoms with Crippen molar-refractivity contribution in [3.8, 4) is 5.75 Å². The normalized spacial score (nSPS) is 10.4. The van der Waals surface area contributed by atoms with E-state index in [1.807, 2.05) is 0 Å². The van der Waals surface area contributed by atoms with Gasteiger partial charge in [-0.05, 0) is 49.9 Å². The van der Waals surface area contributed by atoms with Gasteiger partial charge in [0.25, 0.3) is 0 Å². The lowest BCUT2D eigenvalue weighted by Crippen LogP contribution is -2.24. The van der Waals surface area contributed by atoms with Crippen LogP contribution in [0.1, 0.15) is 23.1 Å².